The van der Waals surface area contributed by atoms with Gasteiger partial charge in [-0.2, -0.15) is 0 Å². The maximum Gasteiger partial charge on any atom is 0.322 e. The van der Waals surface area contributed by atoms with Crippen LogP contribution < -0.4 is 10.5 Å². The van der Waals surface area contributed by atoms with Crippen molar-refractivity contribution in [2.75, 3.05) is 5.73 Å². The summed E-state index contributed by atoms with van der Waals surface area (Å²) in [5.41, 5.74) is 16.9. The van der Waals surface area contributed by atoms with E-state index in [4.69, 9.17) is 15.5 Å². The van der Waals surface area contributed by atoms with Crippen LogP contribution in [0.5, 0.6) is 11.8 Å². The zero-order chi connectivity index (χ0) is 31.3. The number of rotatable bonds is 4. The molecule has 5 rings (SSSR count). The quantitative estimate of drug-likeness (QED) is 0.172. The van der Waals surface area contributed by atoms with Gasteiger partial charge in [0.25, 0.3) is 0 Å². The van der Waals surface area contributed by atoms with Crippen LogP contribution in [0.1, 0.15) is 43.4 Å². The van der Waals surface area contributed by atoms with Gasteiger partial charge in [0.2, 0.25) is 0 Å². The van der Waals surface area contributed by atoms with Gasteiger partial charge in [-0.15, -0.1) is 5.54 Å². The predicted octanol–water partition coefficient (Wildman–Crippen LogP) is 7.33. The van der Waals surface area contributed by atoms with Crippen molar-refractivity contribution < 1.29 is 9.13 Å². The van der Waals surface area contributed by atoms with Crippen molar-refractivity contribution in [1.29, 1.82) is 0 Å². The number of benzene rings is 1. The number of aryl methyl sites for hydroxylation is 4. The highest BCUT2D eigenvalue weighted by Crippen LogP contribution is 2.44. The molecule has 0 saturated carbocycles. The van der Waals surface area contributed by atoms with Gasteiger partial charge in [0.1, 0.15) is 31.6 Å². The highest BCUT2D eigenvalue weighted by atomic mass is 28.3. The fourth-order valence-electron chi connectivity index (χ4n) is 4.82. The molecule has 0 bridgehead atoms. The number of nitrogen functional groups attached to an aromatic ring is 1. The highest BCUT2D eigenvalue weighted by molar-refractivity contribution is 6.87. The van der Waals surface area contributed by atoms with Crippen LogP contribution in [0.2, 0.25) is 18.1 Å². The monoisotopic (exact) mass is 593 g/mol. The molecule has 4 aromatic heterocycles. The Morgan fingerprint density at radius 3 is 2.37 bits per heavy atom. The number of anilines is 1. The highest BCUT2D eigenvalue weighted by Gasteiger charge is 2.33. The molecule has 0 aliphatic carbocycles. The van der Waals surface area contributed by atoms with Crippen LogP contribution in [-0.4, -0.2) is 37.6 Å². The minimum absolute atomic E-state index is 0.0130. The topological polar surface area (TPSA) is 105 Å². The Morgan fingerprint density at radius 2 is 1.72 bits per heavy atom. The van der Waals surface area contributed by atoms with Gasteiger partial charge in [-0.05, 0) is 61.2 Å². The molecular weight excluding hydrogens is 557 g/mol. The van der Waals surface area contributed by atoms with Gasteiger partial charge in [-0.25, -0.2) is 29.3 Å². The fraction of sp³-hybridized carbons (Fsp3) is 0.303. The summed E-state index contributed by atoms with van der Waals surface area (Å²) in [6, 6.07) is 8.61. The lowest BCUT2D eigenvalue weighted by Gasteiger charge is -2.31. The number of nitrogens with zero attached hydrogens (tertiary/aromatic N) is 6. The molecule has 5 aromatic rings. The standard InChI is InChI=1S/C33H36FN7OSi/c1-19-16-23(13-15-43(8,9)33(4,5)6)40-21(3)26(19)29-27(28-30(35)37-18-38-31(28)41(29)7)22-10-11-25(24(34)17-22)42-32-36-14-12-20(2)39-32/h10-12,14,16-18H,1-9H3,(H2,35,37,38). The van der Waals surface area contributed by atoms with Crippen molar-refractivity contribution in [2.24, 2.45) is 7.05 Å². The lowest BCUT2D eigenvalue weighted by Crippen LogP contribution is -2.35. The lowest BCUT2D eigenvalue weighted by molar-refractivity contribution is 0.410. The van der Waals surface area contributed by atoms with Crippen LogP contribution in [-0.2, 0) is 7.05 Å². The number of halogens is 1. The number of aromatic nitrogens is 6. The zero-order valence-electron chi connectivity index (χ0n) is 26.1. The van der Waals surface area contributed by atoms with E-state index in [1.165, 1.54) is 12.4 Å². The molecule has 10 heteroatoms. The Bertz CT molecular complexity index is 1920. The molecule has 2 N–H and O–H groups in total. The maximum atomic E-state index is 15.6. The van der Waals surface area contributed by atoms with Crippen LogP contribution in [0.25, 0.3) is 33.4 Å². The smallest absolute Gasteiger partial charge is 0.322 e. The van der Waals surface area contributed by atoms with Crippen LogP contribution >= 0.6 is 0 Å². The average molecular weight is 594 g/mol. The zero-order valence-corrected chi connectivity index (χ0v) is 27.1. The molecule has 0 atom stereocenters. The van der Waals surface area contributed by atoms with Crippen LogP contribution in [0, 0.1) is 38.1 Å². The summed E-state index contributed by atoms with van der Waals surface area (Å²) in [7, 11) is 0.101. The first-order valence-electron chi connectivity index (χ1n) is 14.1. The number of ether oxygens (including phenoxy) is 1. The molecule has 1 aromatic carbocycles. The number of hydrogen-bond donors (Lipinski definition) is 1. The molecule has 43 heavy (non-hydrogen) atoms. The summed E-state index contributed by atoms with van der Waals surface area (Å²) in [6.07, 6.45) is 3.00. The summed E-state index contributed by atoms with van der Waals surface area (Å²) in [4.78, 5) is 22.0. The Kier molecular flexibility index (Phi) is 7.56. The van der Waals surface area contributed by atoms with Crippen molar-refractivity contribution in [3.8, 4) is 45.6 Å². The molecule has 220 valence electrons. The largest absolute Gasteiger partial charge is 0.421 e. The Labute approximate surface area is 252 Å². The first-order valence-corrected chi connectivity index (χ1v) is 17.1. The third kappa shape index (κ3) is 5.60. The number of hydrogen-bond acceptors (Lipinski definition) is 7. The van der Waals surface area contributed by atoms with Gasteiger partial charge >= 0.3 is 6.01 Å². The normalized spacial score (nSPS) is 11.9. The van der Waals surface area contributed by atoms with E-state index in [1.807, 2.05) is 38.5 Å². The van der Waals surface area contributed by atoms with Crippen molar-refractivity contribution in [3.05, 3.63) is 71.3 Å². The fourth-order valence-corrected chi connectivity index (χ4v) is 5.64. The van der Waals surface area contributed by atoms with Crippen molar-refractivity contribution in [3.63, 3.8) is 0 Å². The van der Waals surface area contributed by atoms with E-state index in [9.17, 15) is 0 Å². The van der Waals surface area contributed by atoms with E-state index in [1.54, 1.807) is 24.4 Å². The second kappa shape index (κ2) is 10.9. The molecule has 8 nitrogen and oxygen atoms in total. The molecule has 0 saturated heterocycles. The van der Waals surface area contributed by atoms with Crippen molar-refractivity contribution in [1.82, 2.24) is 29.5 Å². The van der Waals surface area contributed by atoms with Gasteiger partial charge < -0.3 is 15.0 Å². The van der Waals surface area contributed by atoms with Gasteiger partial charge in [-0.1, -0.05) is 45.9 Å². The maximum absolute atomic E-state index is 15.6. The van der Waals surface area contributed by atoms with E-state index in [0.717, 1.165) is 28.2 Å². The first kappa shape index (κ1) is 29.9. The van der Waals surface area contributed by atoms with Crippen LogP contribution in [0.3, 0.4) is 0 Å². The van der Waals surface area contributed by atoms with E-state index in [0.29, 0.717) is 33.7 Å². The third-order valence-electron chi connectivity index (χ3n) is 8.20. The van der Waals surface area contributed by atoms with Gasteiger partial charge in [0, 0.05) is 35.8 Å². The molecule has 0 aliphatic rings. The van der Waals surface area contributed by atoms with E-state index in [-0.39, 0.29) is 16.8 Å². The Hall–Kier alpha value is -4.62. The van der Waals surface area contributed by atoms with Gasteiger partial charge in [0.15, 0.2) is 11.6 Å². The summed E-state index contributed by atoms with van der Waals surface area (Å²) in [6.45, 7) is 17.1. The summed E-state index contributed by atoms with van der Waals surface area (Å²) in [5, 5.41) is 0.780. The molecule has 0 aliphatic heterocycles. The number of nitrogens with two attached hydrogens (primary N) is 1. The second-order valence-corrected chi connectivity index (χ2v) is 17.4. The predicted molar refractivity (Wildman–Crippen MR) is 172 cm³/mol. The molecule has 0 spiro atoms. The van der Waals surface area contributed by atoms with Gasteiger partial charge in [0.05, 0.1) is 11.1 Å². The first-order chi connectivity index (χ1) is 20.2. The Balaban J connectivity index is 1.67. The molecule has 4 heterocycles. The molecule has 0 unspecified atom stereocenters. The SMILES string of the molecule is Cc1ccnc(Oc2ccc(-c3c(-c4c(C)cc(C#C[Si](C)(C)C(C)(C)C)nc4C)n(C)c4ncnc(N)c34)cc2F)n1. The third-order valence-corrected chi connectivity index (χ3v) is 12.7. The van der Waals surface area contributed by atoms with E-state index >= 15 is 4.39 Å². The van der Waals surface area contributed by atoms with E-state index in [2.05, 4.69) is 65.3 Å². The second-order valence-electron chi connectivity index (χ2n) is 12.4. The summed E-state index contributed by atoms with van der Waals surface area (Å²) >= 11 is 0. The average Bonchev–Trinajstić information content (AvgIpc) is 3.21. The van der Waals surface area contributed by atoms with Crippen molar-refractivity contribution >= 4 is 24.9 Å². The lowest BCUT2D eigenvalue weighted by atomic mass is 9.95. The van der Waals surface area contributed by atoms with Crippen molar-refractivity contribution in [2.45, 2.75) is 59.7 Å². The summed E-state index contributed by atoms with van der Waals surface area (Å²) in [5.74, 6) is 3.11. The summed E-state index contributed by atoms with van der Waals surface area (Å²) < 4.78 is 23.2. The number of fused-ring (bicyclic) bond motifs is 1. The van der Waals surface area contributed by atoms with Crippen LogP contribution in [0.4, 0.5) is 10.2 Å². The van der Waals surface area contributed by atoms with Gasteiger partial charge in [-0.3, -0.25) is 0 Å². The Morgan fingerprint density at radius 1 is 0.977 bits per heavy atom. The minimum Gasteiger partial charge on any atom is -0.421 e. The molecular formula is C33H36FN7OSi. The number of pyridine rings is 1. The minimum atomic E-state index is -1.82. The van der Waals surface area contributed by atoms with Crippen LogP contribution in [0.15, 0.2) is 42.9 Å². The van der Waals surface area contributed by atoms with E-state index < -0.39 is 13.9 Å². The molecule has 0 amide bonds. The molecule has 0 fully saturated rings. The molecule has 0 radical (unpaired) electrons.